The number of anilines is 6. The molecule has 0 bridgehead atoms. The van der Waals surface area contributed by atoms with E-state index in [1.165, 1.54) is 127 Å². The van der Waals surface area contributed by atoms with Crippen molar-refractivity contribution in [2.24, 2.45) is 0 Å². The first-order valence-corrected chi connectivity index (χ1v) is 29.0. The van der Waals surface area contributed by atoms with Gasteiger partial charge in [-0.1, -0.05) is 221 Å². The number of para-hydroxylation sites is 2. The Morgan fingerprint density at radius 3 is 1.51 bits per heavy atom. The highest BCUT2D eigenvalue weighted by Crippen LogP contribution is 2.68. The van der Waals surface area contributed by atoms with Crippen LogP contribution in [-0.2, 0) is 16.2 Å². The van der Waals surface area contributed by atoms with Gasteiger partial charge < -0.3 is 9.80 Å². The molecule has 0 unspecified atom stereocenters. The van der Waals surface area contributed by atoms with E-state index in [0.717, 1.165) is 35.6 Å². The fourth-order valence-corrected chi connectivity index (χ4v) is 16.0. The number of nitrogens with zero attached hydrogens (tertiary/aromatic N) is 2. The standard InChI is InChI=1S/C79H58N2/c1-77(2)67-35-19-15-28-55(67)59-42-39-52(46-71(59)77)80(49-23-7-5-8-24-49)51-41-44-64-65(45-51)54-27-11-13-33-62(54)74-66-48-73(81(50-25-9-6-10-26-50)53-40-43-60-56-29-16-20-36-68(56)78(3,4)72(60)47-53)61-32-12-14-34-63(61)75(66)79(76(64)74)69-37-21-17-30-57(69)58-31-18-22-38-70(58)79/h5-19,21-35,37-48H,20,36H2,1-4H3. The number of hydrogen-bond donors (Lipinski definition) is 0. The van der Waals surface area contributed by atoms with Crippen molar-refractivity contribution in [3.63, 3.8) is 0 Å². The van der Waals surface area contributed by atoms with Crippen molar-refractivity contribution in [1.29, 1.82) is 0 Å². The van der Waals surface area contributed by atoms with Gasteiger partial charge in [-0.25, -0.2) is 0 Å². The highest BCUT2D eigenvalue weighted by molar-refractivity contribution is 6.23. The number of rotatable bonds is 6. The summed E-state index contributed by atoms with van der Waals surface area (Å²) in [7, 11) is 0. The number of benzene rings is 12. The third-order valence-corrected chi connectivity index (χ3v) is 19.5. The van der Waals surface area contributed by atoms with Crippen molar-refractivity contribution in [1.82, 2.24) is 0 Å². The Labute approximate surface area is 474 Å². The van der Waals surface area contributed by atoms with Crippen molar-refractivity contribution in [3.8, 4) is 33.4 Å². The lowest BCUT2D eigenvalue weighted by molar-refractivity contribution is 0.607. The summed E-state index contributed by atoms with van der Waals surface area (Å²) < 4.78 is 0. The molecule has 0 aromatic heterocycles. The second kappa shape index (κ2) is 16.8. The van der Waals surface area contributed by atoms with Crippen LogP contribution in [0.1, 0.15) is 85.0 Å². The van der Waals surface area contributed by atoms with Gasteiger partial charge in [0.25, 0.3) is 0 Å². The SMILES string of the molecule is CC1(C)C2=C(C=CCC2)c2ccc(N(c3ccccc3)c3cc4c(c5ccccc35)C3(c5ccccc5-c5ccccc53)c3c-4c4ccccc4c4cc(N(c5ccccc5)c5ccc6c(c5)C(C)(C)c5ccccc5-6)ccc34)cc21. The Bertz CT molecular complexity index is 4720. The molecule has 0 amide bonds. The maximum Gasteiger partial charge on any atom is 0.0737 e. The van der Waals surface area contributed by atoms with Crippen molar-refractivity contribution >= 4 is 72.0 Å². The number of hydrogen-bond acceptors (Lipinski definition) is 2. The molecule has 0 fully saturated rings. The highest BCUT2D eigenvalue weighted by atomic mass is 15.1. The number of allylic oxidation sites excluding steroid dienone is 4. The lowest BCUT2D eigenvalue weighted by Gasteiger charge is -2.34. The molecule has 0 radical (unpaired) electrons. The Balaban J connectivity index is 0.960. The van der Waals surface area contributed by atoms with E-state index in [4.69, 9.17) is 0 Å². The molecule has 0 saturated carbocycles. The quantitative estimate of drug-likeness (QED) is 0.153. The second-order valence-corrected chi connectivity index (χ2v) is 24.2. The molecule has 17 rings (SSSR count). The molecular formula is C79H58N2. The summed E-state index contributed by atoms with van der Waals surface area (Å²) in [6, 6.07) is 92.6. The van der Waals surface area contributed by atoms with Gasteiger partial charge in [0.1, 0.15) is 0 Å². The van der Waals surface area contributed by atoms with Gasteiger partial charge in [0.2, 0.25) is 0 Å². The van der Waals surface area contributed by atoms with Crippen LogP contribution in [0.4, 0.5) is 34.1 Å². The molecule has 1 spiro atoms. The van der Waals surface area contributed by atoms with Crippen LogP contribution in [0.15, 0.2) is 260 Å². The summed E-state index contributed by atoms with van der Waals surface area (Å²) in [5, 5.41) is 7.51. The van der Waals surface area contributed by atoms with Crippen molar-refractivity contribution in [2.75, 3.05) is 9.80 Å². The molecule has 0 aliphatic heterocycles. The Hall–Kier alpha value is -9.50. The maximum absolute atomic E-state index is 2.59. The largest absolute Gasteiger partial charge is 0.310 e. The van der Waals surface area contributed by atoms with E-state index in [1.54, 1.807) is 5.57 Å². The van der Waals surface area contributed by atoms with Gasteiger partial charge in [0.05, 0.1) is 11.1 Å². The van der Waals surface area contributed by atoms with Crippen LogP contribution in [0.25, 0.3) is 71.3 Å². The van der Waals surface area contributed by atoms with E-state index in [9.17, 15) is 0 Å². The Kier molecular flexibility index (Phi) is 9.61. The zero-order valence-corrected chi connectivity index (χ0v) is 46.1. The van der Waals surface area contributed by atoms with E-state index in [1.807, 2.05) is 0 Å². The molecule has 5 aliphatic rings. The minimum atomic E-state index is -0.646. The molecule has 2 nitrogen and oxygen atoms in total. The Morgan fingerprint density at radius 1 is 0.321 bits per heavy atom. The zero-order chi connectivity index (χ0) is 53.9. The maximum atomic E-state index is 2.59. The summed E-state index contributed by atoms with van der Waals surface area (Å²) in [5.41, 5.74) is 27.7. The molecular weight excluding hydrogens is 977 g/mol. The highest BCUT2D eigenvalue weighted by Gasteiger charge is 2.54. The first kappa shape index (κ1) is 46.4. The molecule has 81 heavy (non-hydrogen) atoms. The third-order valence-electron chi connectivity index (χ3n) is 19.5. The van der Waals surface area contributed by atoms with E-state index < -0.39 is 5.41 Å². The summed E-state index contributed by atoms with van der Waals surface area (Å²) in [5.74, 6) is 0. The molecule has 12 aromatic rings. The van der Waals surface area contributed by atoms with Crippen molar-refractivity contribution in [3.05, 3.63) is 305 Å². The van der Waals surface area contributed by atoms with E-state index in [-0.39, 0.29) is 10.8 Å². The topological polar surface area (TPSA) is 6.48 Å². The molecule has 5 aliphatic carbocycles. The summed E-state index contributed by atoms with van der Waals surface area (Å²) in [6.45, 7) is 9.63. The van der Waals surface area contributed by atoms with Gasteiger partial charge in [0.15, 0.2) is 0 Å². The fraction of sp³-hybridized carbons (Fsp3) is 0.114. The molecule has 12 aromatic carbocycles. The second-order valence-electron chi connectivity index (χ2n) is 24.2. The fourth-order valence-electron chi connectivity index (χ4n) is 16.0. The lowest BCUT2D eigenvalue weighted by atomic mass is 9.68. The average molecular weight is 1040 g/mol. The first-order chi connectivity index (χ1) is 39.7. The van der Waals surface area contributed by atoms with Crippen LogP contribution in [0.5, 0.6) is 0 Å². The van der Waals surface area contributed by atoms with Gasteiger partial charge in [0, 0.05) is 44.7 Å². The summed E-state index contributed by atoms with van der Waals surface area (Å²) >= 11 is 0. The van der Waals surface area contributed by atoms with E-state index in [0.29, 0.717) is 0 Å². The first-order valence-electron chi connectivity index (χ1n) is 29.0. The average Bonchev–Trinajstić information content (AvgIpc) is 2.05. The molecule has 0 saturated heterocycles. The van der Waals surface area contributed by atoms with Gasteiger partial charge in [-0.15, -0.1) is 0 Å². The van der Waals surface area contributed by atoms with Crippen LogP contribution < -0.4 is 9.80 Å². The zero-order valence-electron chi connectivity index (χ0n) is 46.1. The minimum Gasteiger partial charge on any atom is -0.310 e. The third kappa shape index (κ3) is 6.17. The van der Waals surface area contributed by atoms with E-state index in [2.05, 4.69) is 292 Å². The van der Waals surface area contributed by atoms with Crippen molar-refractivity contribution < 1.29 is 0 Å². The Morgan fingerprint density at radius 2 is 0.815 bits per heavy atom. The van der Waals surface area contributed by atoms with Gasteiger partial charge >= 0.3 is 0 Å². The van der Waals surface area contributed by atoms with Crippen LogP contribution in [0.3, 0.4) is 0 Å². The lowest BCUT2D eigenvalue weighted by Crippen LogP contribution is -2.27. The summed E-state index contributed by atoms with van der Waals surface area (Å²) in [4.78, 5) is 5.03. The van der Waals surface area contributed by atoms with Crippen LogP contribution in [0.2, 0.25) is 0 Å². The van der Waals surface area contributed by atoms with Crippen LogP contribution in [-0.4, -0.2) is 0 Å². The van der Waals surface area contributed by atoms with Gasteiger partial charge in [-0.05, 0) is 190 Å². The minimum absolute atomic E-state index is 0.0784. The summed E-state index contributed by atoms with van der Waals surface area (Å²) in [6.07, 6.45) is 6.94. The number of fused-ring (bicyclic) bond motifs is 22. The molecule has 0 N–H and O–H groups in total. The monoisotopic (exact) mass is 1030 g/mol. The van der Waals surface area contributed by atoms with Crippen LogP contribution >= 0.6 is 0 Å². The van der Waals surface area contributed by atoms with Crippen molar-refractivity contribution in [2.45, 2.75) is 56.8 Å². The predicted octanol–water partition coefficient (Wildman–Crippen LogP) is 21.1. The van der Waals surface area contributed by atoms with Crippen LogP contribution in [0, 0.1) is 0 Å². The van der Waals surface area contributed by atoms with Gasteiger partial charge in [-0.2, -0.15) is 0 Å². The smallest absolute Gasteiger partial charge is 0.0737 e. The predicted molar refractivity (Wildman–Crippen MR) is 341 cm³/mol. The van der Waals surface area contributed by atoms with Gasteiger partial charge in [-0.3, -0.25) is 0 Å². The molecule has 2 heteroatoms. The molecule has 0 atom stereocenters. The van der Waals surface area contributed by atoms with E-state index >= 15 is 0 Å². The normalized spacial score (nSPS) is 15.8. The molecule has 0 heterocycles. The molecule has 384 valence electrons.